The predicted octanol–water partition coefficient (Wildman–Crippen LogP) is 3.55. The lowest BCUT2D eigenvalue weighted by Crippen LogP contribution is -2.42. The van der Waals surface area contributed by atoms with Gasteiger partial charge in [0, 0.05) is 11.7 Å². The molecule has 1 amide bonds. The third-order valence-electron chi connectivity index (χ3n) is 4.53. The zero-order chi connectivity index (χ0) is 19.6. The smallest absolute Gasteiger partial charge is 0.350 e. The summed E-state index contributed by atoms with van der Waals surface area (Å²) >= 11 is 1.10. The summed E-state index contributed by atoms with van der Waals surface area (Å²) in [6, 6.07) is 4.83. The van der Waals surface area contributed by atoms with Crippen molar-refractivity contribution in [1.82, 2.24) is 4.98 Å². The zero-order valence-corrected chi connectivity index (χ0v) is 16.4. The standard InChI is InChI=1S/C19H22FN3O3S/c1-4-26-18(25)17-12(3)21-19(27-17)22-16(24)10-23-11(2)5-6-13-9-14(20)7-8-15(13)23/h7-9,11H,4-6,10H2,1-3H3,(H,21,22,24). The summed E-state index contributed by atoms with van der Waals surface area (Å²) in [5.41, 5.74) is 2.32. The van der Waals surface area contributed by atoms with Crippen molar-refractivity contribution in [2.75, 3.05) is 23.4 Å². The molecule has 0 fully saturated rings. The number of anilines is 2. The number of ether oxygens (including phenoxy) is 1. The van der Waals surface area contributed by atoms with E-state index in [-0.39, 0.29) is 30.9 Å². The summed E-state index contributed by atoms with van der Waals surface area (Å²) in [5.74, 6) is -0.936. The summed E-state index contributed by atoms with van der Waals surface area (Å²) in [7, 11) is 0. The summed E-state index contributed by atoms with van der Waals surface area (Å²) in [6.45, 7) is 5.90. The highest BCUT2D eigenvalue weighted by molar-refractivity contribution is 7.17. The third kappa shape index (κ3) is 4.27. The van der Waals surface area contributed by atoms with Crippen LogP contribution in [0.2, 0.25) is 0 Å². The molecule has 1 atom stereocenters. The van der Waals surface area contributed by atoms with Gasteiger partial charge in [-0.05, 0) is 57.4 Å². The van der Waals surface area contributed by atoms with Crippen LogP contribution in [0.5, 0.6) is 0 Å². The molecule has 1 aromatic carbocycles. The quantitative estimate of drug-likeness (QED) is 0.790. The summed E-state index contributed by atoms with van der Waals surface area (Å²) in [6.07, 6.45) is 1.65. The maximum Gasteiger partial charge on any atom is 0.350 e. The highest BCUT2D eigenvalue weighted by Crippen LogP contribution is 2.31. The minimum atomic E-state index is -0.436. The molecule has 1 N–H and O–H groups in total. The Labute approximate surface area is 161 Å². The number of halogens is 1. The van der Waals surface area contributed by atoms with Crippen molar-refractivity contribution in [2.24, 2.45) is 0 Å². The maximum absolute atomic E-state index is 13.5. The zero-order valence-electron chi connectivity index (χ0n) is 15.5. The number of thiazole rings is 1. The van der Waals surface area contributed by atoms with Crippen LogP contribution in [0.1, 0.15) is 41.2 Å². The Morgan fingerprint density at radius 3 is 2.96 bits per heavy atom. The molecule has 0 radical (unpaired) electrons. The first-order valence-corrected chi connectivity index (χ1v) is 9.70. The maximum atomic E-state index is 13.5. The van der Waals surface area contributed by atoms with Crippen molar-refractivity contribution in [3.8, 4) is 0 Å². The number of hydrogen-bond acceptors (Lipinski definition) is 6. The van der Waals surface area contributed by atoms with E-state index in [9.17, 15) is 14.0 Å². The lowest BCUT2D eigenvalue weighted by Gasteiger charge is -2.36. The molecular weight excluding hydrogens is 369 g/mol. The van der Waals surface area contributed by atoms with E-state index in [2.05, 4.69) is 10.3 Å². The van der Waals surface area contributed by atoms with E-state index in [1.165, 1.54) is 12.1 Å². The average molecular weight is 391 g/mol. The number of aryl methyl sites for hydroxylation is 2. The Kier molecular flexibility index (Phi) is 5.74. The largest absolute Gasteiger partial charge is 0.462 e. The minimum Gasteiger partial charge on any atom is -0.462 e. The van der Waals surface area contributed by atoms with Gasteiger partial charge in [0.25, 0.3) is 0 Å². The third-order valence-corrected chi connectivity index (χ3v) is 5.59. The number of fused-ring (bicyclic) bond motifs is 1. The van der Waals surface area contributed by atoms with Gasteiger partial charge in [-0.3, -0.25) is 4.79 Å². The molecule has 0 aliphatic carbocycles. The molecule has 144 valence electrons. The van der Waals surface area contributed by atoms with Crippen LogP contribution in [-0.4, -0.2) is 36.1 Å². The summed E-state index contributed by atoms with van der Waals surface area (Å²) in [5, 5.41) is 3.12. The number of esters is 1. The number of benzene rings is 1. The molecule has 27 heavy (non-hydrogen) atoms. The van der Waals surface area contributed by atoms with Crippen molar-refractivity contribution in [2.45, 2.75) is 39.7 Å². The molecule has 0 saturated heterocycles. The van der Waals surface area contributed by atoms with Crippen LogP contribution in [0, 0.1) is 12.7 Å². The minimum absolute atomic E-state index is 0.132. The molecule has 1 aromatic heterocycles. The Hall–Kier alpha value is -2.48. The first-order chi connectivity index (χ1) is 12.9. The van der Waals surface area contributed by atoms with E-state index in [0.717, 1.165) is 35.4 Å². The molecular formula is C19H22FN3O3S. The lowest BCUT2D eigenvalue weighted by molar-refractivity contribution is -0.115. The number of hydrogen-bond donors (Lipinski definition) is 1. The molecule has 3 rings (SSSR count). The molecule has 0 saturated carbocycles. The number of carbonyl (C=O) groups excluding carboxylic acids is 2. The van der Waals surface area contributed by atoms with Gasteiger partial charge in [0.15, 0.2) is 5.13 Å². The van der Waals surface area contributed by atoms with Gasteiger partial charge in [-0.25, -0.2) is 14.2 Å². The van der Waals surface area contributed by atoms with Crippen LogP contribution in [0.4, 0.5) is 15.2 Å². The van der Waals surface area contributed by atoms with Crippen LogP contribution in [-0.2, 0) is 16.0 Å². The van der Waals surface area contributed by atoms with Gasteiger partial charge >= 0.3 is 5.97 Å². The predicted molar refractivity (Wildman–Crippen MR) is 103 cm³/mol. The van der Waals surface area contributed by atoms with Gasteiger partial charge in [0.05, 0.1) is 18.8 Å². The molecule has 0 spiro atoms. The van der Waals surface area contributed by atoms with Gasteiger partial charge < -0.3 is 15.0 Å². The highest BCUT2D eigenvalue weighted by atomic mass is 32.1. The van der Waals surface area contributed by atoms with E-state index >= 15 is 0 Å². The van der Waals surface area contributed by atoms with Gasteiger partial charge in [0.1, 0.15) is 10.7 Å². The first-order valence-electron chi connectivity index (χ1n) is 8.88. The van der Waals surface area contributed by atoms with Crippen LogP contribution >= 0.6 is 11.3 Å². The van der Waals surface area contributed by atoms with Crippen LogP contribution < -0.4 is 10.2 Å². The highest BCUT2D eigenvalue weighted by Gasteiger charge is 2.26. The fourth-order valence-electron chi connectivity index (χ4n) is 3.18. The van der Waals surface area contributed by atoms with Crippen molar-refractivity contribution in [3.05, 3.63) is 40.2 Å². The Morgan fingerprint density at radius 1 is 1.44 bits per heavy atom. The summed E-state index contributed by atoms with van der Waals surface area (Å²) < 4.78 is 18.5. The average Bonchev–Trinajstić information content (AvgIpc) is 2.98. The number of carbonyl (C=O) groups is 2. The van der Waals surface area contributed by atoms with Gasteiger partial charge in [-0.1, -0.05) is 11.3 Å². The molecule has 0 bridgehead atoms. The molecule has 2 aromatic rings. The van der Waals surface area contributed by atoms with E-state index in [1.54, 1.807) is 19.9 Å². The Balaban J connectivity index is 1.71. The number of nitrogens with one attached hydrogen (secondary N) is 1. The second-order valence-electron chi connectivity index (χ2n) is 6.49. The van der Waals surface area contributed by atoms with E-state index in [1.807, 2.05) is 11.8 Å². The molecule has 6 nitrogen and oxygen atoms in total. The topological polar surface area (TPSA) is 71.5 Å². The second kappa shape index (κ2) is 8.04. The molecule has 1 aliphatic rings. The van der Waals surface area contributed by atoms with Gasteiger partial charge in [-0.2, -0.15) is 0 Å². The summed E-state index contributed by atoms with van der Waals surface area (Å²) in [4.78, 5) is 31.0. The van der Waals surface area contributed by atoms with Crippen molar-refractivity contribution in [3.63, 3.8) is 0 Å². The van der Waals surface area contributed by atoms with Gasteiger partial charge in [-0.15, -0.1) is 0 Å². The molecule has 1 aliphatic heterocycles. The second-order valence-corrected chi connectivity index (χ2v) is 7.49. The molecule has 1 unspecified atom stereocenters. The van der Waals surface area contributed by atoms with Crippen molar-refractivity contribution >= 4 is 34.0 Å². The van der Waals surface area contributed by atoms with Crippen LogP contribution in [0.15, 0.2) is 18.2 Å². The molecule has 2 heterocycles. The van der Waals surface area contributed by atoms with E-state index in [4.69, 9.17) is 4.74 Å². The van der Waals surface area contributed by atoms with Crippen LogP contribution in [0.25, 0.3) is 0 Å². The number of aromatic nitrogens is 1. The fourth-order valence-corrected chi connectivity index (χ4v) is 4.06. The number of rotatable bonds is 5. The number of nitrogens with zero attached hydrogens (tertiary/aromatic N) is 2. The first kappa shape index (κ1) is 19.3. The van der Waals surface area contributed by atoms with Gasteiger partial charge in [0.2, 0.25) is 5.91 Å². The molecule has 8 heteroatoms. The number of amides is 1. The van der Waals surface area contributed by atoms with Crippen molar-refractivity contribution < 1.29 is 18.7 Å². The Morgan fingerprint density at radius 2 is 2.22 bits per heavy atom. The Bertz CT molecular complexity index is 868. The fraction of sp³-hybridized carbons (Fsp3) is 0.421. The van der Waals surface area contributed by atoms with E-state index in [0.29, 0.717) is 15.7 Å². The lowest BCUT2D eigenvalue weighted by atomic mass is 9.96. The van der Waals surface area contributed by atoms with E-state index < -0.39 is 5.97 Å². The monoisotopic (exact) mass is 391 g/mol. The normalized spacial score (nSPS) is 16.0. The van der Waals surface area contributed by atoms with Crippen molar-refractivity contribution in [1.29, 1.82) is 0 Å². The SMILES string of the molecule is CCOC(=O)c1sc(NC(=O)CN2c3ccc(F)cc3CCC2C)nc1C. The van der Waals surface area contributed by atoms with Crippen LogP contribution in [0.3, 0.4) is 0 Å².